The molecule has 2 heterocycles. The van der Waals surface area contributed by atoms with Crippen molar-refractivity contribution in [2.24, 2.45) is 0 Å². The smallest absolute Gasteiger partial charge is 0.270 e. The third kappa shape index (κ3) is 3.52. The Morgan fingerprint density at radius 1 is 1.15 bits per heavy atom. The number of nitriles is 1. The second kappa shape index (κ2) is 7.61. The first-order valence-corrected chi connectivity index (χ1v) is 10.3. The van der Waals surface area contributed by atoms with Gasteiger partial charge in [0.05, 0.1) is 5.56 Å². The van der Waals surface area contributed by atoms with Crippen molar-refractivity contribution in [3.05, 3.63) is 40.3 Å². The van der Waals surface area contributed by atoms with Gasteiger partial charge in [-0.15, -0.1) is 11.3 Å². The van der Waals surface area contributed by atoms with E-state index in [9.17, 15) is 10.1 Å². The van der Waals surface area contributed by atoms with Crippen LogP contribution in [0, 0.1) is 11.3 Å². The van der Waals surface area contributed by atoms with Crippen molar-refractivity contribution < 1.29 is 14.3 Å². The average Bonchev–Trinajstić information content (AvgIpc) is 2.96. The lowest BCUT2D eigenvalue weighted by molar-refractivity contribution is -0.127. The Hall–Kier alpha value is -2.52. The highest BCUT2D eigenvalue weighted by Gasteiger charge is 2.35. The number of thiophene rings is 1. The van der Waals surface area contributed by atoms with Crippen LogP contribution in [0.5, 0.6) is 11.5 Å². The van der Waals surface area contributed by atoms with Crippen molar-refractivity contribution >= 4 is 22.2 Å². The first kappa shape index (κ1) is 17.9. The zero-order valence-electron chi connectivity index (χ0n) is 15.3. The van der Waals surface area contributed by atoms with Crippen molar-refractivity contribution in [1.82, 2.24) is 0 Å². The highest BCUT2D eigenvalue weighted by atomic mass is 32.1. The molecule has 2 atom stereocenters. The van der Waals surface area contributed by atoms with Crippen LogP contribution in [0.15, 0.2) is 24.3 Å². The van der Waals surface area contributed by atoms with Gasteiger partial charge in [-0.05, 0) is 50.3 Å². The van der Waals surface area contributed by atoms with Crippen LogP contribution in [0.25, 0.3) is 0 Å². The Bertz CT molecular complexity index is 899. The lowest BCUT2D eigenvalue weighted by Crippen LogP contribution is -2.46. The van der Waals surface area contributed by atoms with Crippen molar-refractivity contribution in [3.63, 3.8) is 0 Å². The summed E-state index contributed by atoms with van der Waals surface area (Å²) in [6.45, 7) is 1.82. The van der Waals surface area contributed by atoms with Gasteiger partial charge >= 0.3 is 0 Å². The number of carbonyl (C=O) groups excluding carboxylic acids is 1. The fraction of sp³-hybridized carbons (Fsp3) is 0.429. The predicted octanol–water partition coefficient (Wildman–Crippen LogP) is 4.45. The van der Waals surface area contributed by atoms with E-state index in [2.05, 4.69) is 11.4 Å². The molecule has 2 aromatic rings. The molecule has 27 heavy (non-hydrogen) atoms. The number of para-hydroxylation sites is 2. The summed E-state index contributed by atoms with van der Waals surface area (Å²) in [7, 11) is 0. The third-order valence-electron chi connectivity index (χ3n) is 5.12. The molecule has 0 bridgehead atoms. The number of rotatable bonds is 2. The van der Waals surface area contributed by atoms with E-state index in [1.807, 2.05) is 25.1 Å². The highest BCUT2D eigenvalue weighted by molar-refractivity contribution is 7.16. The van der Waals surface area contributed by atoms with Gasteiger partial charge in [-0.2, -0.15) is 5.26 Å². The van der Waals surface area contributed by atoms with Crippen LogP contribution in [0.3, 0.4) is 0 Å². The maximum atomic E-state index is 12.9. The molecule has 1 aromatic heterocycles. The first-order chi connectivity index (χ1) is 13.2. The van der Waals surface area contributed by atoms with E-state index in [4.69, 9.17) is 9.47 Å². The molecule has 1 N–H and O–H groups in total. The molecule has 1 aliphatic carbocycles. The van der Waals surface area contributed by atoms with Gasteiger partial charge in [-0.3, -0.25) is 4.79 Å². The molecule has 0 fully saturated rings. The summed E-state index contributed by atoms with van der Waals surface area (Å²) < 4.78 is 11.7. The molecule has 1 aromatic carbocycles. The summed E-state index contributed by atoms with van der Waals surface area (Å²) in [5.74, 6) is 0.934. The lowest BCUT2D eigenvalue weighted by Gasteiger charge is -2.30. The molecule has 0 saturated carbocycles. The Kier molecular flexibility index (Phi) is 5.04. The summed E-state index contributed by atoms with van der Waals surface area (Å²) in [6, 6.07) is 9.65. The van der Waals surface area contributed by atoms with E-state index in [0.717, 1.165) is 31.2 Å². The molecule has 0 spiro atoms. The topological polar surface area (TPSA) is 71.3 Å². The van der Waals surface area contributed by atoms with Gasteiger partial charge in [-0.25, -0.2) is 0 Å². The van der Waals surface area contributed by atoms with Crippen molar-refractivity contribution in [2.45, 2.75) is 57.7 Å². The third-order valence-corrected chi connectivity index (χ3v) is 6.33. The van der Waals surface area contributed by atoms with Gasteiger partial charge in [0.1, 0.15) is 17.2 Å². The van der Waals surface area contributed by atoms with Crippen LogP contribution in [-0.2, 0) is 17.6 Å². The molecule has 1 aliphatic heterocycles. The Morgan fingerprint density at radius 2 is 1.85 bits per heavy atom. The Labute approximate surface area is 162 Å². The lowest BCUT2D eigenvalue weighted by atomic mass is 9.97. The van der Waals surface area contributed by atoms with Gasteiger partial charge in [0.2, 0.25) is 6.10 Å². The zero-order valence-corrected chi connectivity index (χ0v) is 16.1. The molecule has 0 unspecified atom stereocenters. The summed E-state index contributed by atoms with van der Waals surface area (Å²) in [4.78, 5) is 14.1. The minimum Gasteiger partial charge on any atom is -0.482 e. The maximum absolute atomic E-state index is 12.9. The van der Waals surface area contributed by atoms with E-state index in [1.54, 1.807) is 6.07 Å². The highest BCUT2D eigenvalue weighted by Crippen LogP contribution is 2.38. The number of hydrogen-bond donors (Lipinski definition) is 1. The Balaban J connectivity index is 1.56. The number of carbonyl (C=O) groups is 1. The van der Waals surface area contributed by atoms with E-state index in [-0.39, 0.29) is 5.91 Å². The fourth-order valence-electron chi connectivity index (χ4n) is 3.72. The summed E-state index contributed by atoms with van der Waals surface area (Å²) in [5, 5.41) is 13.3. The second-order valence-electron chi connectivity index (χ2n) is 7.03. The number of ether oxygens (including phenoxy) is 2. The number of fused-ring (bicyclic) bond motifs is 2. The van der Waals surface area contributed by atoms with E-state index in [1.165, 1.54) is 29.1 Å². The van der Waals surface area contributed by atoms with Crippen LogP contribution in [0.1, 0.15) is 48.6 Å². The van der Waals surface area contributed by atoms with E-state index < -0.39 is 12.2 Å². The number of hydrogen-bond acceptors (Lipinski definition) is 5. The van der Waals surface area contributed by atoms with Crippen LogP contribution in [0.4, 0.5) is 5.00 Å². The van der Waals surface area contributed by atoms with Crippen molar-refractivity contribution in [3.8, 4) is 17.6 Å². The normalized spacial score (nSPS) is 21.3. The molecule has 0 radical (unpaired) electrons. The number of anilines is 1. The largest absolute Gasteiger partial charge is 0.482 e. The molecule has 140 valence electrons. The minimum atomic E-state index is -0.754. The minimum absolute atomic E-state index is 0.275. The number of benzene rings is 1. The molecule has 5 nitrogen and oxygen atoms in total. The van der Waals surface area contributed by atoms with Gasteiger partial charge < -0.3 is 14.8 Å². The Morgan fingerprint density at radius 3 is 2.59 bits per heavy atom. The fourth-order valence-corrected chi connectivity index (χ4v) is 4.96. The van der Waals surface area contributed by atoms with Gasteiger partial charge in [-0.1, -0.05) is 25.0 Å². The predicted molar refractivity (Wildman–Crippen MR) is 104 cm³/mol. The van der Waals surface area contributed by atoms with Gasteiger partial charge in [0.15, 0.2) is 11.5 Å². The number of amides is 1. The summed E-state index contributed by atoms with van der Waals surface area (Å²) >= 11 is 1.54. The molecule has 6 heteroatoms. The number of nitrogens with one attached hydrogen (secondary N) is 1. The van der Waals surface area contributed by atoms with Crippen LogP contribution in [0.2, 0.25) is 0 Å². The number of nitrogens with zero attached hydrogens (tertiary/aromatic N) is 1. The van der Waals surface area contributed by atoms with Crippen LogP contribution < -0.4 is 14.8 Å². The zero-order chi connectivity index (χ0) is 18.8. The monoisotopic (exact) mass is 382 g/mol. The second-order valence-corrected chi connectivity index (χ2v) is 8.14. The van der Waals surface area contributed by atoms with E-state index in [0.29, 0.717) is 22.1 Å². The number of aryl methyl sites for hydroxylation is 1. The van der Waals surface area contributed by atoms with Crippen LogP contribution >= 0.6 is 11.3 Å². The molecule has 4 rings (SSSR count). The van der Waals surface area contributed by atoms with Crippen molar-refractivity contribution in [1.29, 1.82) is 5.26 Å². The molecule has 1 amide bonds. The van der Waals surface area contributed by atoms with E-state index >= 15 is 0 Å². The van der Waals surface area contributed by atoms with Gasteiger partial charge in [0, 0.05) is 4.88 Å². The summed E-state index contributed by atoms with van der Waals surface area (Å²) in [5.41, 5.74) is 1.74. The molecule has 2 aliphatic rings. The molecular formula is C21H22N2O3S. The average molecular weight is 382 g/mol. The first-order valence-electron chi connectivity index (χ1n) is 9.45. The van der Waals surface area contributed by atoms with Crippen LogP contribution in [-0.4, -0.2) is 18.1 Å². The molecule has 0 saturated heterocycles. The SMILES string of the molecule is C[C@@H]1Oc2ccccc2O[C@H]1C(=O)Nc1sc2c(c1C#N)CCCCCC2. The van der Waals surface area contributed by atoms with Crippen molar-refractivity contribution in [2.75, 3.05) is 5.32 Å². The quantitative estimate of drug-likeness (QED) is 0.833. The van der Waals surface area contributed by atoms with Gasteiger partial charge in [0.25, 0.3) is 5.91 Å². The summed E-state index contributed by atoms with van der Waals surface area (Å²) in [6.07, 6.45) is 5.40. The molecular weight excluding hydrogens is 360 g/mol. The maximum Gasteiger partial charge on any atom is 0.270 e. The standard InChI is InChI=1S/C21H22N2O3S/c1-13-19(26-17-10-7-6-9-16(17)25-13)20(24)23-21-15(12-22)14-8-4-2-3-5-11-18(14)27-21/h6-7,9-10,13,19H,2-5,8,11H2,1H3,(H,23,24)/t13-,19+/m0/s1.